The largest absolute Gasteiger partial charge is 0.383 e. The normalized spacial score (nSPS) is 14.8. The molecular weight excluding hydrogens is 190 g/mol. The molecule has 0 aromatic heterocycles. The number of methoxy groups -OCH3 is 1. The minimum Gasteiger partial charge on any atom is -0.383 e. The molecule has 0 amide bonds. The van der Waals surface area contributed by atoms with Crippen LogP contribution < -0.4 is 0 Å². The Morgan fingerprint density at radius 2 is 1.92 bits per heavy atom. The highest BCUT2D eigenvalue weighted by Crippen LogP contribution is 2.07. The predicted molar refractivity (Wildman–Crippen MR) is 53.2 cm³/mol. The van der Waals surface area contributed by atoms with Crippen molar-refractivity contribution >= 4 is 10.0 Å². The summed E-state index contributed by atoms with van der Waals surface area (Å²) >= 11 is 0. The molecule has 0 saturated heterocycles. The molecule has 0 heterocycles. The van der Waals surface area contributed by atoms with Crippen molar-refractivity contribution in [2.24, 2.45) is 0 Å². The van der Waals surface area contributed by atoms with E-state index >= 15 is 0 Å². The Balaban J connectivity index is 4.50. The maximum Gasteiger partial charge on any atom is 0.214 e. The van der Waals surface area contributed by atoms with Gasteiger partial charge in [0.05, 0.1) is 12.4 Å². The van der Waals surface area contributed by atoms with Crippen molar-refractivity contribution in [1.82, 2.24) is 4.31 Å². The van der Waals surface area contributed by atoms with Gasteiger partial charge in [0.25, 0.3) is 0 Å². The lowest BCUT2D eigenvalue weighted by Crippen LogP contribution is -2.41. The van der Waals surface area contributed by atoms with E-state index in [1.165, 1.54) is 4.31 Å². The van der Waals surface area contributed by atoms with Crippen molar-refractivity contribution in [3.8, 4) is 0 Å². The lowest BCUT2D eigenvalue weighted by atomic mass is 10.4. The molecule has 0 bridgehead atoms. The summed E-state index contributed by atoms with van der Waals surface area (Å²) in [5.74, 6) is 0.148. The maximum absolute atomic E-state index is 11.5. The second-order valence-corrected chi connectivity index (χ2v) is 5.12. The zero-order chi connectivity index (χ0) is 10.5. The van der Waals surface area contributed by atoms with Gasteiger partial charge in [0.2, 0.25) is 10.0 Å². The van der Waals surface area contributed by atoms with Crippen LogP contribution in [0.25, 0.3) is 0 Å². The van der Waals surface area contributed by atoms with Gasteiger partial charge in [-0.2, -0.15) is 4.31 Å². The third-order valence-corrected chi connectivity index (χ3v) is 4.00. The zero-order valence-electron chi connectivity index (χ0n) is 8.78. The van der Waals surface area contributed by atoms with Crippen LogP contribution in [0.2, 0.25) is 0 Å². The van der Waals surface area contributed by atoms with E-state index in [-0.39, 0.29) is 11.8 Å². The summed E-state index contributed by atoms with van der Waals surface area (Å²) in [6.45, 7) is 6.27. The number of sulfonamides is 1. The molecule has 0 fully saturated rings. The highest BCUT2D eigenvalue weighted by Gasteiger charge is 2.23. The smallest absolute Gasteiger partial charge is 0.214 e. The van der Waals surface area contributed by atoms with Gasteiger partial charge in [-0.3, -0.25) is 0 Å². The lowest BCUT2D eigenvalue weighted by Gasteiger charge is -2.25. The van der Waals surface area contributed by atoms with Crippen LogP contribution in [-0.2, 0) is 14.8 Å². The topological polar surface area (TPSA) is 46.6 Å². The number of rotatable bonds is 6. The van der Waals surface area contributed by atoms with Gasteiger partial charge >= 0.3 is 0 Å². The van der Waals surface area contributed by atoms with Crippen molar-refractivity contribution in [3.63, 3.8) is 0 Å². The zero-order valence-corrected chi connectivity index (χ0v) is 9.60. The summed E-state index contributed by atoms with van der Waals surface area (Å²) in [5.41, 5.74) is 0. The average Bonchev–Trinajstić information content (AvgIpc) is 2.05. The summed E-state index contributed by atoms with van der Waals surface area (Å²) < 4.78 is 29.4. The molecule has 13 heavy (non-hydrogen) atoms. The molecule has 0 aliphatic carbocycles. The molecule has 0 N–H and O–H groups in total. The molecule has 0 aromatic carbocycles. The number of likely N-dealkylation sites (N-methyl/N-ethyl adjacent to an activating group) is 1. The van der Waals surface area contributed by atoms with Gasteiger partial charge in [-0.1, -0.05) is 6.92 Å². The maximum atomic E-state index is 11.5. The summed E-state index contributed by atoms with van der Waals surface area (Å²) in [5, 5.41) is 0. The fraction of sp³-hybridized carbons (Fsp3) is 1.00. The highest BCUT2D eigenvalue weighted by molar-refractivity contribution is 7.89. The van der Waals surface area contributed by atoms with Gasteiger partial charge < -0.3 is 4.74 Å². The molecular formula is C8H19NO3S. The molecule has 5 heteroatoms. The van der Waals surface area contributed by atoms with E-state index in [4.69, 9.17) is 4.74 Å². The molecule has 0 saturated carbocycles. The van der Waals surface area contributed by atoms with Crippen LogP contribution in [0, 0.1) is 0 Å². The third kappa shape index (κ3) is 3.62. The van der Waals surface area contributed by atoms with Crippen molar-refractivity contribution in [3.05, 3.63) is 0 Å². The second kappa shape index (κ2) is 5.57. The summed E-state index contributed by atoms with van der Waals surface area (Å²) in [4.78, 5) is 0. The van der Waals surface area contributed by atoms with E-state index in [1.807, 2.05) is 13.8 Å². The van der Waals surface area contributed by atoms with Gasteiger partial charge in [0.1, 0.15) is 0 Å². The molecule has 1 unspecified atom stereocenters. The van der Waals surface area contributed by atoms with Crippen LogP contribution in [0.15, 0.2) is 0 Å². The standard InChI is InChI=1S/C8H19NO3S/c1-5-9(8(3)7-12-4)13(10,11)6-2/h8H,5-7H2,1-4H3. The van der Waals surface area contributed by atoms with Crippen molar-refractivity contribution in [1.29, 1.82) is 0 Å². The van der Waals surface area contributed by atoms with Crippen molar-refractivity contribution < 1.29 is 13.2 Å². The van der Waals surface area contributed by atoms with E-state index in [0.29, 0.717) is 13.2 Å². The van der Waals surface area contributed by atoms with Gasteiger partial charge in [-0.25, -0.2) is 8.42 Å². The quantitative estimate of drug-likeness (QED) is 0.646. The number of hydrogen-bond acceptors (Lipinski definition) is 3. The fourth-order valence-electron chi connectivity index (χ4n) is 1.27. The fourth-order valence-corrected chi connectivity index (χ4v) is 2.61. The molecule has 80 valence electrons. The lowest BCUT2D eigenvalue weighted by molar-refractivity contribution is 0.143. The van der Waals surface area contributed by atoms with E-state index in [9.17, 15) is 8.42 Å². The second-order valence-electron chi connectivity index (χ2n) is 2.91. The van der Waals surface area contributed by atoms with Gasteiger partial charge in [-0.15, -0.1) is 0 Å². The molecule has 0 aliphatic heterocycles. The summed E-state index contributed by atoms with van der Waals surface area (Å²) in [7, 11) is -1.51. The van der Waals surface area contributed by atoms with Gasteiger partial charge in [-0.05, 0) is 13.8 Å². The first-order valence-corrected chi connectivity index (χ1v) is 6.08. The van der Waals surface area contributed by atoms with Gasteiger partial charge in [0.15, 0.2) is 0 Å². The first-order valence-electron chi connectivity index (χ1n) is 4.48. The summed E-state index contributed by atoms with van der Waals surface area (Å²) in [6, 6.07) is -0.0834. The predicted octanol–water partition coefficient (Wildman–Crippen LogP) is 0.693. The third-order valence-electron chi connectivity index (χ3n) is 1.93. The van der Waals surface area contributed by atoms with Crippen LogP contribution in [0.1, 0.15) is 20.8 Å². The Labute approximate surface area is 80.9 Å². The molecule has 4 nitrogen and oxygen atoms in total. The Morgan fingerprint density at radius 3 is 2.23 bits per heavy atom. The number of nitrogens with zero attached hydrogens (tertiary/aromatic N) is 1. The van der Waals surface area contributed by atoms with Gasteiger partial charge in [0, 0.05) is 19.7 Å². The van der Waals surface area contributed by atoms with Crippen molar-refractivity contribution in [2.75, 3.05) is 26.0 Å². The number of hydrogen-bond donors (Lipinski definition) is 0. The first-order chi connectivity index (χ1) is 5.99. The first kappa shape index (κ1) is 12.9. The molecule has 0 rings (SSSR count). The summed E-state index contributed by atoms with van der Waals surface area (Å²) in [6.07, 6.45) is 0. The molecule has 1 atom stereocenters. The van der Waals surface area contributed by atoms with Crippen LogP contribution in [0.4, 0.5) is 0 Å². The highest BCUT2D eigenvalue weighted by atomic mass is 32.2. The Kier molecular flexibility index (Phi) is 5.51. The van der Waals surface area contributed by atoms with Crippen LogP contribution in [0.3, 0.4) is 0 Å². The average molecular weight is 209 g/mol. The van der Waals surface area contributed by atoms with Crippen molar-refractivity contribution in [2.45, 2.75) is 26.8 Å². The minimum absolute atomic E-state index is 0.0834. The molecule has 0 radical (unpaired) electrons. The molecule has 0 aromatic rings. The molecule has 0 aliphatic rings. The van der Waals surface area contributed by atoms with E-state index < -0.39 is 10.0 Å². The Morgan fingerprint density at radius 1 is 1.38 bits per heavy atom. The van der Waals surface area contributed by atoms with E-state index in [2.05, 4.69) is 0 Å². The Hall–Kier alpha value is -0.130. The molecule has 0 spiro atoms. The van der Waals surface area contributed by atoms with E-state index in [0.717, 1.165) is 0 Å². The van der Waals surface area contributed by atoms with E-state index in [1.54, 1.807) is 14.0 Å². The number of ether oxygens (including phenoxy) is 1. The Bertz CT molecular complexity index is 226. The SMILES string of the molecule is CCN(C(C)COC)S(=O)(=O)CC. The van der Waals surface area contributed by atoms with Crippen LogP contribution >= 0.6 is 0 Å². The van der Waals surface area contributed by atoms with Crippen LogP contribution in [-0.4, -0.2) is 44.8 Å². The monoisotopic (exact) mass is 209 g/mol. The van der Waals surface area contributed by atoms with Crippen LogP contribution in [0.5, 0.6) is 0 Å². The minimum atomic E-state index is -3.08.